The smallest absolute Gasteiger partial charge is 0.411 e. The summed E-state index contributed by atoms with van der Waals surface area (Å²) in [6.45, 7) is 1.83. The molecule has 4 aromatic rings. The lowest BCUT2D eigenvalue weighted by atomic mass is 9.77. The van der Waals surface area contributed by atoms with Crippen LogP contribution >= 0.6 is 0 Å². The van der Waals surface area contributed by atoms with E-state index < -0.39 is 17.7 Å². The molecule has 13 heteroatoms. The van der Waals surface area contributed by atoms with E-state index in [-0.39, 0.29) is 23.6 Å². The number of rotatable bonds is 5. The van der Waals surface area contributed by atoms with Gasteiger partial charge in [0.25, 0.3) is 0 Å². The molecule has 1 unspecified atom stereocenters. The molecule has 13 nitrogen and oxygen atoms in total. The number of nitrogens with one attached hydrogen (secondary N) is 2. The highest BCUT2D eigenvalue weighted by atomic mass is 16.8. The molecule has 4 N–H and O–H groups in total. The Morgan fingerprint density at radius 2 is 1.50 bits per heavy atom. The van der Waals surface area contributed by atoms with Crippen LogP contribution in [0.2, 0.25) is 0 Å². The van der Waals surface area contributed by atoms with Gasteiger partial charge in [-0.3, -0.25) is 15.7 Å². The average Bonchev–Trinajstić information content (AvgIpc) is 3.36. The fraction of sp³-hybridized carbons (Fsp3) is 0.182. The summed E-state index contributed by atoms with van der Waals surface area (Å²) in [4.78, 5) is 40.4. The summed E-state index contributed by atoms with van der Waals surface area (Å²) in [6.07, 6.45) is -0.730. The van der Waals surface area contributed by atoms with E-state index in [0.29, 0.717) is 77.0 Å². The molecular weight excluding hydrogens is 596 g/mol. The topological polar surface area (TPSA) is 159 Å². The Balaban J connectivity index is 1.17. The van der Waals surface area contributed by atoms with E-state index in [1.165, 1.54) is 12.1 Å². The lowest BCUT2D eigenvalue weighted by Crippen LogP contribution is -2.43. The monoisotopic (exact) mass is 624 g/mol. The number of anilines is 3. The van der Waals surface area contributed by atoms with Gasteiger partial charge in [-0.2, -0.15) is 0 Å². The molecule has 3 heterocycles. The largest absolute Gasteiger partial charge is 0.456 e. The predicted octanol–water partition coefficient (Wildman–Crippen LogP) is 5.45. The Morgan fingerprint density at radius 1 is 0.848 bits per heavy atom. The van der Waals surface area contributed by atoms with E-state index in [1.807, 2.05) is 12.1 Å². The number of nitrogens with zero attached hydrogens (tertiary/aromatic N) is 2. The highest BCUT2D eigenvalue weighted by molar-refractivity contribution is 5.97. The Kier molecular flexibility index (Phi) is 7.41. The zero-order chi connectivity index (χ0) is 31.8. The standard InChI is InChI=1S/C33H28N4O9/c38-30-24-3-1-2-4-25(24)33(46-30)26-11-7-21(34-31(39)36-13-15-43-16-14-36)17-28(26)45-29-18-22(8-12-27(29)33)35-32(40)44-19-20-5-9-23(10-6-20)37(41)42/h1-12,17-18,41-42H,13-16,19H2,(H,34,39)(H,35,40). The molecule has 3 aliphatic rings. The number of hydrogen-bond donors (Lipinski definition) is 4. The summed E-state index contributed by atoms with van der Waals surface area (Å²) >= 11 is 0. The van der Waals surface area contributed by atoms with Crippen LogP contribution in [0.5, 0.6) is 11.5 Å². The number of benzene rings is 4. The summed E-state index contributed by atoms with van der Waals surface area (Å²) in [6, 6.07) is 23.2. The number of hydrogen-bond acceptors (Lipinski definition) is 10. The maximum Gasteiger partial charge on any atom is 0.411 e. The number of esters is 1. The Bertz CT molecular complexity index is 1840. The van der Waals surface area contributed by atoms with Crippen molar-refractivity contribution >= 4 is 35.2 Å². The fourth-order valence-electron chi connectivity index (χ4n) is 5.83. The van der Waals surface area contributed by atoms with Gasteiger partial charge in [-0.25, -0.2) is 14.4 Å². The molecule has 0 aromatic heterocycles. The Morgan fingerprint density at radius 3 is 2.17 bits per heavy atom. The minimum absolute atomic E-state index is 0.00846. The molecule has 3 aliphatic heterocycles. The number of fused-ring (bicyclic) bond motifs is 6. The SMILES string of the molecule is O=C(Nc1ccc2c(c1)Oc1cc(NC(=O)N3CCOCC3)ccc1C21OC(=O)c2ccccc21)OCc1ccc(N(O)O)cc1. The van der Waals surface area contributed by atoms with Gasteiger partial charge >= 0.3 is 18.1 Å². The Hall–Kier alpha value is -5.63. The first-order valence-corrected chi connectivity index (χ1v) is 14.5. The summed E-state index contributed by atoms with van der Waals surface area (Å²) in [5.41, 5.74) is 2.53. The van der Waals surface area contributed by atoms with Gasteiger partial charge in [0.2, 0.25) is 0 Å². The van der Waals surface area contributed by atoms with Gasteiger partial charge in [0.1, 0.15) is 18.1 Å². The summed E-state index contributed by atoms with van der Waals surface area (Å²) in [5.74, 6) is 0.215. The molecule has 1 atom stereocenters. The molecule has 1 spiro atoms. The third-order valence-electron chi connectivity index (χ3n) is 8.05. The van der Waals surface area contributed by atoms with Crippen LogP contribution in [0, 0.1) is 0 Å². The minimum Gasteiger partial charge on any atom is -0.456 e. The molecule has 1 fully saturated rings. The summed E-state index contributed by atoms with van der Waals surface area (Å²) in [5, 5.41) is 23.8. The molecule has 3 amide bonds. The lowest BCUT2D eigenvalue weighted by molar-refractivity contribution is 0.0223. The average molecular weight is 625 g/mol. The van der Waals surface area contributed by atoms with Crippen molar-refractivity contribution in [2.45, 2.75) is 12.2 Å². The van der Waals surface area contributed by atoms with Crippen LogP contribution < -0.4 is 20.6 Å². The van der Waals surface area contributed by atoms with Crippen LogP contribution in [0.4, 0.5) is 26.7 Å². The molecule has 7 rings (SSSR count). The molecule has 0 bridgehead atoms. The molecule has 0 saturated carbocycles. The number of carbonyl (C=O) groups is 3. The normalized spacial score (nSPS) is 17.6. The zero-order valence-corrected chi connectivity index (χ0v) is 24.3. The highest BCUT2D eigenvalue weighted by Crippen LogP contribution is 2.56. The van der Waals surface area contributed by atoms with Crippen LogP contribution in [0.3, 0.4) is 0 Å². The third kappa shape index (κ3) is 5.21. The highest BCUT2D eigenvalue weighted by Gasteiger charge is 2.53. The van der Waals surface area contributed by atoms with E-state index in [4.69, 9.17) is 29.4 Å². The number of carbonyl (C=O) groups excluding carboxylic acids is 3. The van der Waals surface area contributed by atoms with E-state index in [2.05, 4.69) is 10.6 Å². The lowest BCUT2D eigenvalue weighted by Gasteiger charge is -2.37. The van der Waals surface area contributed by atoms with E-state index in [9.17, 15) is 14.4 Å². The van der Waals surface area contributed by atoms with Crippen molar-refractivity contribution in [3.05, 3.63) is 113 Å². The molecular formula is C33H28N4O9. The second-order valence-corrected chi connectivity index (χ2v) is 10.8. The van der Waals surface area contributed by atoms with Crippen molar-refractivity contribution in [3.8, 4) is 11.5 Å². The van der Waals surface area contributed by atoms with Gasteiger partial charge in [0.05, 0.1) is 24.5 Å². The number of amides is 3. The number of ether oxygens (including phenoxy) is 4. The molecule has 46 heavy (non-hydrogen) atoms. The van der Waals surface area contributed by atoms with E-state index in [0.717, 1.165) is 0 Å². The van der Waals surface area contributed by atoms with Gasteiger partial charge in [0, 0.05) is 53.3 Å². The molecule has 0 radical (unpaired) electrons. The Labute approximate surface area is 262 Å². The van der Waals surface area contributed by atoms with E-state index in [1.54, 1.807) is 65.6 Å². The van der Waals surface area contributed by atoms with Crippen LogP contribution in [-0.2, 0) is 26.4 Å². The zero-order valence-electron chi connectivity index (χ0n) is 24.3. The second-order valence-electron chi connectivity index (χ2n) is 10.8. The number of urea groups is 1. The third-order valence-corrected chi connectivity index (χ3v) is 8.05. The molecule has 234 valence electrons. The van der Waals surface area contributed by atoms with Gasteiger partial charge in [0.15, 0.2) is 5.60 Å². The van der Waals surface area contributed by atoms with Gasteiger partial charge < -0.3 is 29.2 Å². The molecule has 4 aromatic carbocycles. The van der Waals surface area contributed by atoms with Gasteiger partial charge in [-0.15, -0.1) is 5.23 Å². The van der Waals surface area contributed by atoms with Crippen molar-refractivity contribution in [2.75, 3.05) is 42.2 Å². The van der Waals surface area contributed by atoms with E-state index >= 15 is 0 Å². The minimum atomic E-state index is -1.33. The van der Waals surface area contributed by atoms with Crippen molar-refractivity contribution in [1.29, 1.82) is 0 Å². The predicted molar refractivity (Wildman–Crippen MR) is 162 cm³/mol. The summed E-state index contributed by atoms with van der Waals surface area (Å²) < 4.78 is 23.2. The van der Waals surface area contributed by atoms with Crippen LogP contribution in [0.25, 0.3) is 0 Å². The molecule has 1 saturated heterocycles. The maximum absolute atomic E-state index is 13.2. The second kappa shape index (κ2) is 11.7. The van der Waals surface area contributed by atoms with Crippen LogP contribution in [0.1, 0.15) is 32.6 Å². The first-order valence-electron chi connectivity index (χ1n) is 14.5. The fourth-order valence-corrected chi connectivity index (χ4v) is 5.83. The van der Waals surface area contributed by atoms with Crippen molar-refractivity contribution < 1.29 is 43.7 Å². The van der Waals surface area contributed by atoms with Crippen molar-refractivity contribution in [3.63, 3.8) is 0 Å². The summed E-state index contributed by atoms with van der Waals surface area (Å²) in [7, 11) is 0. The van der Waals surface area contributed by atoms with Crippen LogP contribution in [-0.4, -0.2) is 59.7 Å². The first-order chi connectivity index (χ1) is 22.3. The van der Waals surface area contributed by atoms with Crippen molar-refractivity contribution in [2.24, 2.45) is 0 Å². The van der Waals surface area contributed by atoms with Crippen LogP contribution in [0.15, 0.2) is 84.9 Å². The van der Waals surface area contributed by atoms with Gasteiger partial charge in [-0.05, 0) is 48.0 Å². The maximum atomic E-state index is 13.2. The number of morpholine rings is 1. The molecule has 0 aliphatic carbocycles. The quantitative estimate of drug-likeness (QED) is 0.166. The van der Waals surface area contributed by atoms with Crippen molar-refractivity contribution in [1.82, 2.24) is 4.90 Å². The first kappa shape index (κ1) is 29.1. The van der Waals surface area contributed by atoms with Gasteiger partial charge in [-0.1, -0.05) is 30.3 Å².